The van der Waals surface area contributed by atoms with Crippen LogP contribution >= 0.6 is 0 Å². The van der Waals surface area contributed by atoms with Gasteiger partial charge in [0.2, 0.25) is 5.91 Å². The van der Waals surface area contributed by atoms with Crippen molar-refractivity contribution >= 4 is 11.9 Å². The van der Waals surface area contributed by atoms with Gasteiger partial charge in [-0.15, -0.1) is 0 Å². The largest absolute Gasteiger partial charge is 0.479 e. The van der Waals surface area contributed by atoms with Crippen LogP contribution in [0.5, 0.6) is 5.75 Å². The van der Waals surface area contributed by atoms with E-state index < -0.39 is 18.0 Å². The van der Waals surface area contributed by atoms with Gasteiger partial charge in [0.1, 0.15) is 5.75 Å². The molecule has 1 atom stereocenters. The van der Waals surface area contributed by atoms with E-state index in [0.717, 1.165) is 6.42 Å². The Labute approximate surface area is 99.2 Å². The molecule has 0 fully saturated rings. The first-order chi connectivity index (χ1) is 8.04. The topological polar surface area (TPSA) is 89.6 Å². The number of carboxylic acids is 1. The van der Waals surface area contributed by atoms with Crippen molar-refractivity contribution in [3.05, 3.63) is 29.8 Å². The lowest BCUT2D eigenvalue weighted by Gasteiger charge is -2.14. The molecule has 5 heteroatoms. The number of carboxylic acid groups (broad SMARTS) is 1. The molecule has 1 unspecified atom stereocenters. The number of hydrogen-bond donors (Lipinski definition) is 2. The number of aliphatic carboxylic acids is 1. The van der Waals surface area contributed by atoms with E-state index >= 15 is 0 Å². The van der Waals surface area contributed by atoms with Crippen molar-refractivity contribution in [2.45, 2.75) is 25.9 Å². The zero-order valence-electron chi connectivity index (χ0n) is 9.55. The molecule has 17 heavy (non-hydrogen) atoms. The maximum atomic E-state index is 10.9. The first-order valence-corrected chi connectivity index (χ1v) is 5.34. The van der Waals surface area contributed by atoms with E-state index in [1.54, 1.807) is 0 Å². The minimum atomic E-state index is -0.995. The van der Waals surface area contributed by atoms with Gasteiger partial charge in [0.25, 0.3) is 0 Å². The molecular formula is C12H15NO4. The van der Waals surface area contributed by atoms with E-state index in [-0.39, 0.29) is 0 Å². The maximum Gasteiger partial charge on any atom is 0.344 e. The van der Waals surface area contributed by atoms with E-state index in [9.17, 15) is 9.59 Å². The summed E-state index contributed by atoms with van der Waals surface area (Å²) in [4.78, 5) is 21.7. The highest BCUT2D eigenvalue weighted by molar-refractivity contribution is 5.92. The summed E-state index contributed by atoms with van der Waals surface area (Å²) >= 11 is 0. The van der Waals surface area contributed by atoms with Crippen LogP contribution in [0.2, 0.25) is 0 Å². The fourth-order valence-electron chi connectivity index (χ4n) is 1.36. The van der Waals surface area contributed by atoms with Crippen LogP contribution in [-0.4, -0.2) is 23.1 Å². The van der Waals surface area contributed by atoms with Crippen molar-refractivity contribution in [2.24, 2.45) is 5.73 Å². The summed E-state index contributed by atoms with van der Waals surface area (Å²) in [6, 6.07) is 6.07. The van der Waals surface area contributed by atoms with Gasteiger partial charge in [-0.25, -0.2) is 4.79 Å². The fraction of sp³-hybridized carbons (Fsp3) is 0.333. The molecule has 5 nitrogen and oxygen atoms in total. The SMILES string of the molecule is CCCC(Oc1ccc(C(N)=O)cc1)C(=O)O. The van der Waals surface area contributed by atoms with Crippen LogP contribution in [0.15, 0.2) is 24.3 Å². The number of hydrogen-bond acceptors (Lipinski definition) is 3. The lowest BCUT2D eigenvalue weighted by molar-refractivity contribution is -0.145. The molecule has 0 radical (unpaired) electrons. The molecule has 0 spiro atoms. The Kier molecular flexibility index (Phi) is 4.51. The number of benzene rings is 1. The molecule has 1 amide bonds. The van der Waals surface area contributed by atoms with Gasteiger partial charge in [-0.1, -0.05) is 13.3 Å². The second-order valence-corrected chi connectivity index (χ2v) is 3.62. The number of primary amides is 1. The monoisotopic (exact) mass is 237 g/mol. The molecule has 92 valence electrons. The highest BCUT2D eigenvalue weighted by Crippen LogP contribution is 2.15. The van der Waals surface area contributed by atoms with E-state index in [2.05, 4.69) is 0 Å². The smallest absolute Gasteiger partial charge is 0.344 e. The molecule has 0 saturated heterocycles. The molecule has 3 N–H and O–H groups in total. The van der Waals surface area contributed by atoms with Gasteiger partial charge in [-0.2, -0.15) is 0 Å². The highest BCUT2D eigenvalue weighted by atomic mass is 16.5. The van der Waals surface area contributed by atoms with Gasteiger partial charge in [0.15, 0.2) is 6.10 Å². The summed E-state index contributed by atoms with van der Waals surface area (Å²) < 4.78 is 5.30. The first-order valence-electron chi connectivity index (χ1n) is 5.34. The summed E-state index contributed by atoms with van der Waals surface area (Å²) in [7, 11) is 0. The van der Waals surface area contributed by atoms with Crippen LogP contribution in [0.3, 0.4) is 0 Å². The molecule has 0 bridgehead atoms. The zero-order valence-corrected chi connectivity index (χ0v) is 9.55. The second kappa shape index (κ2) is 5.89. The summed E-state index contributed by atoms with van der Waals surface area (Å²) in [6.45, 7) is 1.88. The minimum Gasteiger partial charge on any atom is -0.479 e. The van der Waals surface area contributed by atoms with Crippen LogP contribution in [0, 0.1) is 0 Å². The third-order valence-electron chi connectivity index (χ3n) is 2.24. The Bertz CT molecular complexity index is 399. The van der Waals surface area contributed by atoms with Gasteiger partial charge in [0.05, 0.1) is 0 Å². The van der Waals surface area contributed by atoms with Crippen molar-refractivity contribution in [3.8, 4) is 5.75 Å². The van der Waals surface area contributed by atoms with Crippen molar-refractivity contribution < 1.29 is 19.4 Å². The lowest BCUT2D eigenvalue weighted by Crippen LogP contribution is -2.26. The van der Waals surface area contributed by atoms with Crippen molar-refractivity contribution in [1.82, 2.24) is 0 Å². The second-order valence-electron chi connectivity index (χ2n) is 3.62. The predicted octanol–water partition coefficient (Wildman–Crippen LogP) is 1.42. The lowest BCUT2D eigenvalue weighted by atomic mass is 10.2. The van der Waals surface area contributed by atoms with E-state index in [0.29, 0.717) is 17.7 Å². The maximum absolute atomic E-state index is 10.9. The van der Waals surface area contributed by atoms with Gasteiger partial charge in [-0.05, 0) is 30.7 Å². The molecule has 1 rings (SSSR count). The Hall–Kier alpha value is -2.04. The number of ether oxygens (including phenoxy) is 1. The molecule has 0 heterocycles. The molecule has 1 aromatic rings. The van der Waals surface area contributed by atoms with Gasteiger partial charge in [-0.3, -0.25) is 4.79 Å². The molecular weight excluding hydrogens is 222 g/mol. The van der Waals surface area contributed by atoms with Gasteiger partial charge in [0, 0.05) is 5.56 Å². The molecule has 0 aliphatic rings. The highest BCUT2D eigenvalue weighted by Gasteiger charge is 2.18. The average molecular weight is 237 g/mol. The van der Waals surface area contributed by atoms with Crippen LogP contribution in [0.4, 0.5) is 0 Å². The molecule has 1 aromatic carbocycles. The van der Waals surface area contributed by atoms with Crippen molar-refractivity contribution in [2.75, 3.05) is 0 Å². The van der Waals surface area contributed by atoms with Crippen LogP contribution < -0.4 is 10.5 Å². The minimum absolute atomic E-state index is 0.361. The Morgan fingerprint density at radius 3 is 2.35 bits per heavy atom. The molecule has 0 aromatic heterocycles. The number of nitrogens with two attached hydrogens (primary N) is 1. The first kappa shape index (κ1) is 13.0. The van der Waals surface area contributed by atoms with Gasteiger partial charge < -0.3 is 15.6 Å². The summed E-state index contributed by atoms with van der Waals surface area (Å²) in [5.74, 6) is -1.11. The Morgan fingerprint density at radius 1 is 1.35 bits per heavy atom. The fourth-order valence-corrected chi connectivity index (χ4v) is 1.36. The number of carbonyl (C=O) groups excluding carboxylic acids is 1. The van der Waals surface area contributed by atoms with Gasteiger partial charge >= 0.3 is 5.97 Å². The molecule has 0 saturated carbocycles. The summed E-state index contributed by atoms with van der Waals surface area (Å²) in [5.41, 5.74) is 5.45. The standard InChI is InChI=1S/C12H15NO4/c1-2-3-10(12(15)16)17-9-6-4-8(5-7-9)11(13)14/h4-7,10H,2-3H2,1H3,(H2,13,14)(H,15,16). The third kappa shape index (κ3) is 3.79. The molecule has 0 aliphatic heterocycles. The summed E-state index contributed by atoms with van der Waals surface area (Å²) in [5, 5.41) is 8.91. The van der Waals surface area contributed by atoms with Crippen LogP contribution in [0.25, 0.3) is 0 Å². The quantitative estimate of drug-likeness (QED) is 0.782. The number of amides is 1. The van der Waals surface area contributed by atoms with E-state index in [4.69, 9.17) is 15.6 Å². The van der Waals surface area contributed by atoms with E-state index in [1.165, 1.54) is 24.3 Å². The Balaban J connectivity index is 2.73. The van der Waals surface area contributed by atoms with Crippen molar-refractivity contribution in [1.29, 1.82) is 0 Å². The normalized spacial score (nSPS) is 11.8. The van der Waals surface area contributed by atoms with Crippen molar-refractivity contribution in [3.63, 3.8) is 0 Å². The average Bonchev–Trinajstić information content (AvgIpc) is 2.29. The number of rotatable bonds is 6. The predicted molar refractivity (Wildman–Crippen MR) is 61.9 cm³/mol. The Morgan fingerprint density at radius 2 is 1.94 bits per heavy atom. The molecule has 0 aliphatic carbocycles. The zero-order chi connectivity index (χ0) is 12.8. The number of carbonyl (C=O) groups is 2. The third-order valence-corrected chi connectivity index (χ3v) is 2.24. The van der Waals surface area contributed by atoms with Crippen LogP contribution in [0.1, 0.15) is 30.1 Å². The van der Waals surface area contributed by atoms with E-state index in [1.807, 2.05) is 6.92 Å². The summed E-state index contributed by atoms with van der Waals surface area (Å²) in [6.07, 6.45) is 0.294. The van der Waals surface area contributed by atoms with Crippen LogP contribution in [-0.2, 0) is 4.79 Å².